The largest absolute Gasteiger partial charge is 0.493 e. The quantitative estimate of drug-likeness (QED) is 0.0969. The van der Waals surface area contributed by atoms with Crippen LogP contribution in [0.3, 0.4) is 0 Å². The van der Waals surface area contributed by atoms with Gasteiger partial charge in [-0.3, -0.25) is 15.2 Å². The van der Waals surface area contributed by atoms with Crippen molar-refractivity contribution in [2.45, 2.75) is 25.3 Å². The lowest BCUT2D eigenvalue weighted by molar-refractivity contribution is -0.141. The van der Waals surface area contributed by atoms with Crippen molar-refractivity contribution in [3.63, 3.8) is 0 Å². The van der Waals surface area contributed by atoms with Crippen molar-refractivity contribution >= 4 is 17.8 Å². The van der Waals surface area contributed by atoms with Crippen LogP contribution in [0.4, 0.5) is 0 Å². The highest BCUT2D eigenvalue weighted by atomic mass is 16.5. The van der Waals surface area contributed by atoms with Crippen LogP contribution in [0.2, 0.25) is 0 Å². The Morgan fingerprint density at radius 3 is 2.52 bits per heavy atom. The second-order valence-electron chi connectivity index (χ2n) is 6.13. The van der Waals surface area contributed by atoms with Gasteiger partial charge in [-0.2, -0.15) is 0 Å². The molecule has 1 atom stereocenters. The van der Waals surface area contributed by atoms with Crippen molar-refractivity contribution in [3.05, 3.63) is 23.8 Å². The van der Waals surface area contributed by atoms with E-state index in [9.17, 15) is 14.7 Å². The van der Waals surface area contributed by atoms with Crippen LogP contribution in [0.1, 0.15) is 18.4 Å². The highest BCUT2D eigenvalue weighted by Gasteiger charge is 2.19. The molecule has 0 fully saturated rings. The summed E-state index contributed by atoms with van der Waals surface area (Å²) < 4.78 is 10.5. The standard InChI is InChI=1S/C18H30N6O5/c1-28-14-6-5-12(10-15(14)29-2)7-9-22-23-11-16(25)24-13(17(26)27)4-3-8-21-18(19)20/h5-6,10,13,22-23H,3-4,7-9,11H2,1-2H3,(H,24,25)(H,26,27)(H4,19,20,21)/t13-/m0/s1. The molecule has 0 radical (unpaired) electrons. The lowest BCUT2D eigenvalue weighted by atomic mass is 10.1. The fourth-order valence-corrected chi connectivity index (χ4v) is 2.48. The smallest absolute Gasteiger partial charge is 0.326 e. The Bertz CT molecular complexity index is 693. The zero-order valence-electron chi connectivity index (χ0n) is 16.7. The number of aliphatic carboxylic acids is 1. The number of methoxy groups -OCH3 is 2. The molecule has 1 aromatic rings. The third-order valence-electron chi connectivity index (χ3n) is 3.94. The van der Waals surface area contributed by atoms with Gasteiger partial charge in [0, 0.05) is 13.1 Å². The van der Waals surface area contributed by atoms with E-state index in [-0.39, 0.29) is 18.9 Å². The van der Waals surface area contributed by atoms with Crippen LogP contribution in [0.5, 0.6) is 11.5 Å². The first-order valence-electron chi connectivity index (χ1n) is 9.11. The maximum atomic E-state index is 11.9. The number of guanidine groups is 1. The number of hydrazine groups is 1. The van der Waals surface area contributed by atoms with Crippen LogP contribution < -0.4 is 37.1 Å². The number of rotatable bonds is 14. The Morgan fingerprint density at radius 1 is 1.17 bits per heavy atom. The number of carboxylic acids is 1. The van der Waals surface area contributed by atoms with Gasteiger partial charge < -0.3 is 31.4 Å². The van der Waals surface area contributed by atoms with Gasteiger partial charge in [0.05, 0.1) is 20.8 Å². The molecule has 1 aromatic carbocycles. The molecule has 0 aliphatic carbocycles. The summed E-state index contributed by atoms with van der Waals surface area (Å²) in [6.07, 6.45) is 1.36. The highest BCUT2D eigenvalue weighted by molar-refractivity contribution is 5.84. The molecule has 11 heteroatoms. The van der Waals surface area contributed by atoms with Gasteiger partial charge in [-0.15, -0.1) is 0 Å². The number of ether oxygens (including phenoxy) is 2. The van der Waals surface area contributed by atoms with Gasteiger partial charge in [0.15, 0.2) is 17.5 Å². The third-order valence-corrected chi connectivity index (χ3v) is 3.94. The van der Waals surface area contributed by atoms with Crippen molar-refractivity contribution in [2.24, 2.45) is 16.5 Å². The Labute approximate surface area is 169 Å². The molecule has 0 aliphatic heterocycles. The van der Waals surface area contributed by atoms with E-state index in [4.69, 9.17) is 20.9 Å². The second-order valence-corrected chi connectivity index (χ2v) is 6.13. The third kappa shape index (κ3) is 9.63. The molecule has 0 spiro atoms. The first-order chi connectivity index (χ1) is 13.9. The zero-order valence-corrected chi connectivity index (χ0v) is 16.7. The van der Waals surface area contributed by atoms with E-state index in [2.05, 4.69) is 21.2 Å². The summed E-state index contributed by atoms with van der Waals surface area (Å²) in [7, 11) is 3.15. The van der Waals surface area contributed by atoms with Gasteiger partial charge in [-0.25, -0.2) is 10.2 Å². The van der Waals surface area contributed by atoms with Crippen molar-refractivity contribution in [3.8, 4) is 11.5 Å². The first kappa shape index (κ1) is 24.0. The molecule has 0 bridgehead atoms. The van der Waals surface area contributed by atoms with Crippen LogP contribution in [0, 0.1) is 0 Å². The molecule has 0 aliphatic rings. The maximum Gasteiger partial charge on any atom is 0.326 e. The number of benzene rings is 1. The van der Waals surface area contributed by atoms with Gasteiger partial charge in [0.1, 0.15) is 6.04 Å². The van der Waals surface area contributed by atoms with Crippen LogP contribution in [0.15, 0.2) is 23.2 Å². The Morgan fingerprint density at radius 2 is 1.90 bits per heavy atom. The molecule has 0 aromatic heterocycles. The summed E-state index contributed by atoms with van der Waals surface area (Å²) in [4.78, 5) is 26.9. The summed E-state index contributed by atoms with van der Waals surface area (Å²) in [6, 6.07) is 4.64. The maximum absolute atomic E-state index is 11.9. The van der Waals surface area contributed by atoms with Gasteiger partial charge in [-0.05, 0) is 37.0 Å². The van der Waals surface area contributed by atoms with Crippen LogP contribution in [-0.4, -0.2) is 62.8 Å². The molecular formula is C18H30N6O5. The molecular weight excluding hydrogens is 380 g/mol. The van der Waals surface area contributed by atoms with Crippen molar-refractivity contribution in [1.82, 2.24) is 16.2 Å². The molecule has 162 valence electrons. The number of hydrogen-bond donors (Lipinski definition) is 6. The summed E-state index contributed by atoms with van der Waals surface area (Å²) in [5.74, 6) is -0.284. The minimum Gasteiger partial charge on any atom is -0.493 e. The molecule has 0 heterocycles. The van der Waals surface area contributed by atoms with Crippen LogP contribution in [0.25, 0.3) is 0 Å². The summed E-state index contributed by atoms with van der Waals surface area (Å²) in [5.41, 5.74) is 17.1. The summed E-state index contributed by atoms with van der Waals surface area (Å²) in [6.45, 7) is 0.797. The number of carboxylic acid groups (broad SMARTS) is 1. The number of carbonyl (C=O) groups is 2. The monoisotopic (exact) mass is 410 g/mol. The first-order valence-corrected chi connectivity index (χ1v) is 9.11. The highest BCUT2D eigenvalue weighted by Crippen LogP contribution is 2.27. The molecule has 29 heavy (non-hydrogen) atoms. The van der Waals surface area contributed by atoms with E-state index in [1.54, 1.807) is 14.2 Å². The van der Waals surface area contributed by atoms with E-state index in [0.717, 1.165) is 5.56 Å². The van der Waals surface area contributed by atoms with Crippen molar-refractivity contribution in [1.29, 1.82) is 0 Å². The zero-order chi connectivity index (χ0) is 21.6. The Kier molecular flexibility index (Phi) is 10.9. The molecule has 0 unspecified atom stereocenters. The summed E-state index contributed by atoms with van der Waals surface area (Å²) >= 11 is 0. The van der Waals surface area contributed by atoms with Gasteiger partial charge >= 0.3 is 5.97 Å². The van der Waals surface area contributed by atoms with E-state index in [1.807, 2.05) is 18.2 Å². The molecule has 1 amide bonds. The number of nitrogens with one attached hydrogen (secondary N) is 3. The Hall–Kier alpha value is -3.05. The number of nitrogens with zero attached hydrogens (tertiary/aromatic N) is 1. The van der Waals surface area contributed by atoms with Gasteiger partial charge in [0.25, 0.3) is 0 Å². The lowest BCUT2D eigenvalue weighted by Crippen LogP contribution is -2.47. The second kappa shape index (κ2) is 13.2. The average molecular weight is 410 g/mol. The number of nitrogens with two attached hydrogens (primary N) is 2. The molecule has 11 nitrogen and oxygen atoms in total. The average Bonchev–Trinajstić information content (AvgIpc) is 2.69. The predicted molar refractivity (Wildman–Crippen MR) is 109 cm³/mol. The SMILES string of the molecule is COc1ccc(CCNNCC(=O)N[C@@H](CCCN=C(N)N)C(=O)O)cc1OC. The van der Waals surface area contributed by atoms with Crippen LogP contribution >= 0.6 is 0 Å². The minimum atomic E-state index is -1.11. The number of aliphatic imine (C=N–C) groups is 1. The van der Waals surface area contributed by atoms with E-state index in [0.29, 0.717) is 37.4 Å². The normalized spacial score (nSPS) is 11.4. The topological polar surface area (TPSA) is 173 Å². The van der Waals surface area contributed by atoms with E-state index >= 15 is 0 Å². The van der Waals surface area contributed by atoms with Gasteiger partial charge in [0.2, 0.25) is 5.91 Å². The van der Waals surface area contributed by atoms with Crippen molar-refractivity contribution < 1.29 is 24.2 Å². The molecule has 8 N–H and O–H groups in total. The van der Waals surface area contributed by atoms with E-state index < -0.39 is 17.9 Å². The lowest BCUT2D eigenvalue weighted by Gasteiger charge is -2.15. The molecule has 1 rings (SSSR count). The molecule has 0 saturated heterocycles. The molecule has 0 saturated carbocycles. The van der Waals surface area contributed by atoms with E-state index in [1.165, 1.54) is 0 Å². The fourth-order valence-electron chi connectivity index (χ4n) is 2.48. The Balaban J connectivity index is 2.30. The number of carbonyl (C=O) groups excluding carboxylic acids is 1. The minimum absolute atomic E-state index is 0.0516. The predicted octanol–water partition coefficient (Wildman–Crippen LogP) is -1.04. The fraction of sp³-hybridized carbons (Fsp3) is 0.500. The summed E-state index contributed by atoms with van der Waals surface area (Å²) in [5, 5.41) is 11.6. The number of amides is 1. The van der Waals surface area contributed by atoms with Gasteiger partial charge in [-0.1, -0.05) is 6.07 Å². The van der Waals surface area contributed by atoms with Crippen molar-refractivity contribution in [2.75, 3.05) is 33.9 Å². The van der Waals surface area contributed by atoms with Crippen LogP contribution in [-0.2, 0) is 16.0 Å². The number of hydrogen-bond acceptors (Lipinski definition) is 7.